The van der Waals surface area contributed by atoms with Gasteiger partial charge in [-0.15, -0.1) is 0 Å². The summed E-state index contributed by atoms with van der Waals surface area (Å²) in [5.41, 5.74) is 0.694. The summed E-state index contributed by atoms with van der Waals surface area (Å²) in [6.45, 7) is 14.0. The molecule has 0 aliphatic carbocycles. The predicted molar refractivity (Wildman–Crippen MR) is 68.9 cm³/mol. The van der Waals surface area contributed by atoms with Crippen LogP contribution in [-0.4, -0.2) is 61.1 Å². The zero-order valence-corrected chi connectivity index (χ0v) is 11.5. The van der Waals surface area contributed by atoms with Crippen molar-refractivity contribution in [2.24, 2.45) is 0 Å². The number of carbonyl (C=O) groups excluding carboxylic acids is 1. The highest BCUT2D eigenvalue weighted by Crippen LogP contribution is 2.19. The van der Waals surface area contributed by atoms with Gasteiger partial charge in [0.15, 0.2) is 0 Å². The zero-order valence-electron chi connectivity index (χ0n) is 11.5. The van der Waals surface area contributed by atoms with E-state index in [-0.39, 0.29) is 11.5 Å². The van der Waals surface area contributed by atoms with Crippen LogP contribution in [0.1, 0.15) is 20.8 Å². The molecule has 1 heterocycles. The van der Waals surface area contributed by atoms with Crippen LogP contribution in [0.2, 0.25) is 0 Å². The third-order valence-corrected chi connectivity index (χ3v) is 3.37. The molecule has 0 aromatic heterocycles. The van der Waals surface area contributed by atoms with E-state index in [0.717, 1.165) is 19.6 Å². The molecule has 98 valence electrons. The van der Waals surface area contributed by atoms with Gasteiger partial charge in [0.05, 0.1) is 6.61 Å². The lowest BCUT2D eigenvalue weighted by atomic mass is 9.99. The van der Waals surface area contributed by atoms with Crippen LogP contribution in [0.25, 0.3) is 0 Å². The summed E-state index contributed by atoms with van der Waals surface area (Å²) in [6, 6.07) is 0. The summed E-state index contributed by atoms with van der Waals surface area (Å²) >= 11 is 0. The molecule has 1 aliphatic heterocycles. The molecule has 1 aliphatic rings. The summed E-state index contributed by atoms with van der Waals surface area (Å²) in [7, 11) is 2.14. The number of ether oxygens (including phenoxy) is 1. The van der Waals surface area contributed by atoms with Crippen molar-refractivity contribution >= 4 is 5.97 Å². The molecule has 1 rings (SSSR count). The molecule has 4 nitrogen and oxygen atoms in total. The number of esters is 1. The Morgan fingerprint density at radius 2 is 2.06 bits per heavy atom. The van der Waals surface area contributed by atoms with E-state index in [9.17, 15) is 4.79 Å². The fourth-order valence-corrected chi connectivity index (χ4v) is 2.04. The van der Waals surface area contributed by atoms with E-state index in [2.05, 4.69) is 37.3 Å². The Labute approximate surface area is 104 Å². The SMILES string of the molecule is C=C(CN1CCN(C)C(C)(C)C1)C(=O)OCC. The minimum Gasteiger partial charge on any atom is -0.463 e. The van der Waals surface area contributed by atoms with Crippen LogP contribution in [0.3, 0.4) is 0 Å². The van der Waals surface area contributed by atoms with E-state index in [1.165, 1.54) is 0 Å². The average molecular weight is 240 g/mol. The molecule has 0 atom stereocenters. The maximum absolute atomic E-state index is 11.5. The molecule has 0 radical (unpaired) electrons. The minimum absolute atomic E-state index is 0.146. The van der Waals surface area contributed by atoms with Gasteiger partial charge in [-0.2, -0.15) is 0 Å². The average Bonchev–Trinajstić information content (AvgIpc) is 2.23. The van der Waals surface area contributed by atoms with Crippen molar-refractivity contribution in [3.05, 3.63) is 12.2 Å². The number of nitrogens with zero attached hydrogens (tertiary/aromatic N) is 2. The molecule has 0 saturated carbocycles. The Hall–Kier alpha value is -0.870. The standard InChI is InChI=1S/C13H24N2O2/c1-6-17-12(16)11(2)9-15-8-7-14(5)13(3,4)10-15/h2,6-10H2,1,3-5H3. The largest absolute Gasteiger partial charge is 0.463 e. The maximum atomic E-state index is 11.5. The summed E-state index contributed by atoms with van der Waals surface area (Å²) in [5.74, 6) is -0.274. The van der Waals surface area contributed by atoms with Crippen molar-refractivity contribution in [2.45, 2.75) is 26.3 Å². The van der Waals surface area contributed by atoms with Gasteiger partial charge < -0.3 is 4.74 Å². The molecule has 17 heavy (non-hydrogen) atoms. The first-order valence-corrected chi connectivity index (χ1v) is 6.15. The van der Waals surface area contributed by atoms with E-state index >= 15 is 0 Å². The van der Waals surface area contributed by atoms with Crippen molar-refractivity contribution in [3.63, 3.8) is 0 Å². The smallest absolute Gasteiger partial charge is 0.334 e. The van der Waals surface area contributed by atoms with Crippen molar-refractivity contribution in [1.82, 2.24) is 9.80 Å². The molecule has 1 fully saturated rings. The van der Waals surface area contributed by atoms with Crippen LogP contribution < -0.4 is 0 Å². The first kappa shape index (κ1) is 14.2. The highest BCUT2D eigenvalue weighted by Gasteiger charge is 2.31. The number of carbonyl (C=O) groups is 1. The molecular formula is C13H24N2O2. The first-order chi connectivity index (χ1) is 7.86. The van der Waals surface area contributed by atoms with Gasteiger partial charge >= 0.3 is 5.97 Å². The van der Waals surface area contributed by atoms with Crippen LogP contribution in [0.15, 0.2) is 12.2 Å². The van der Waals surface area contributed by atoms with Gasteiger partial charge in [0, 0.05) is 37.3 Å². The molecule has 0 aromatic carbocycles. The van der Waals surface area contributed by atoms with Gasteiger partial charge in [0.2, 0.25) is 0 Å². The number of hydrogen-bond acceptors (Lipinski definition) is 4. The minimum atomic E-state index is -0.274. The van der Waals surface area contributed by atoms with E-state index < -0.39 is 0 Å². The van der Waals surface area contributed by atoms with Crippen LogP contribution in [0.4, 0.5) is 0 Å². The van der Waals surface area contributed by atoms with Crippen LogP contribution in [-0.2, 0) is 9.53 Å². The quantitative estimate of drug-likeness (QED) is 0.545. The lowest BCUT2D eigenvalue weighted by Gasteiger charge is -2.45. The summed E-state index contributed by atoms with van der Waals surface area (Å²) in [5, 5.41) is 0. The molecule has 0 bridgehead atoms. The normalized spacial score (nSPS) is 21.2. The Kier molecular flexibility index (Phi) is 4.71. The Morgan fingerprint density at radius 3 is 2.59 bits per heavy atom. The second kappa shape index (κ2) is 5.65. The van der Waals surface area contributed by atoms with Gasteiger partial charge in [-0.3, -0.25) is 9.80 Å². The summed E-state index contributed by atoms with van der Waals surface area (Å²) in [6.07, 6.45) is 0. The molecule has 0 amide bonds. The molecule has 1 saturated heterocycles. The lowest BCUT2D eigenvalue weighted by molar-refractivity contribution is -0.138. The van der Waals surface area contributed by atoms with E-state index in [0.29, 0.717) is 18.7 Å². The summed E-state index contributed by atoms with van der Waals surface area (Å²) < 4.78 is 4.94. The molecule has 4 heteroatoms. The van der Waals surface area contributed by atoms with Crippen molar-refractivity contribution in [3.8, 4) is 0 Å². The summed E-state index contributed by atoms with van der Waals surface area (Å²) in [4.78, 5) is 16.1. The fourth-order valence-electron chi connectivity index (χ4n) is 2.04. The predicted octanol–water partition coefficient (Wildman–Crippen LogP) is 1.13. The first-order valence-electron chi connectivity index (χ1n) is 6.15. The van der Waals surface area contributed by atoms with Crippen LogP contribution in [0, 0.1) is 0 Å². The van der Waals surface area contributed by atoms with Gasteiger partial charge in [0.25, 0.3) is 0 Å². The number of hydrogen-bond donors (Lipinski definition) is 0. The topological polar surface area (TPSA) is 32.8 Å². The third kappa shape index (κ3) is 3.82. The van der Waals surface area contributed by atoms with Crippen LogP contribution in [0.5, 0.6) is 0 Å². The number of likely N-dealkylation sites (N-methyl/N-ethyl adjacent to an activating group) is 1. The van der Waals surface area contributed by atoms with Crippen molar-refractivity contribution in [1.29, 1.82) is 0 Å². The second-order valence-electron chi connectivity index (χ2n) is 5.27. The van der Waals surface area contributed by atoms with Crippen LogP contribution >= 0.6 is 0 Å². The van der Waals surface area contributed by atoms with E-state index in [1.54, 1.807) is 0 Å². The monoisotopic (exact) mass is 240 g/mol. The van der Waals surface area contributed by atoms with Crippen molar-refractivity contribution in [2.75, 3.05) is 39.8 Å². The number of rotatable bonds is 4. The lowest BCUT2D eigenvalue weighted by Crippen LogP contribution is -2.57. The Bertz CT molecular complexity index is 300. The van der Waals surface area contributed by atoms with E-state index in [1.807, 2.05) is 6.92 Å². The second-order valence-corrected chi connectivity index (χ2v) is 5.27. The highest BCUT2D eigenvalue weighted by atomic mass is 16.5. The maximum Gasteiger partial charge on any atom is 0.334 e. The zero-order chi connectivity index (χ0) is 13.1. The van der Waals surface area contributed by atoms with Gasteiger partial charge in [-0.1, -0.05) is 6.58 Å². The van der Waals surface area contributed by atoms with E-state index in [4.69, 9.17) is 4.74 Å². The molecule has 0 aromatic rings. The molecular weight excluding hydrogens is 216 g/mol. The molecule has 0 N–H and O–H groups in total. The van der Waals surface area contributed by atoms with Gasteiger partial charge in [-0.05, 0) is 27.8 Å². The Morgan fingerprint density at radius 1 is 1.41 bits per heavy atom. The van der Waals surface area contributed by atoms with Crippen molar-refractivity contribution < 1.29 is 9.53 Å². The highest BCUT2D eigenvalue weighted by molar-refractivity contribution is 5.88. The molecule has 0 unspecified atom stereocenters. The van der Waals surface area contributed by atoms with Gasteiger partial charge in [0.1, 0.15) is 0 Å². The molecule has 0 spiro atoms. The number of piperazine rings is 1. The fraction of sp³-hybridized carbons (Fsp3) is 0.769. The third-order valence-electron chi connectivity index (χ3n) is 3.37. The van der Waals surface area contributed by atoms with Gasteiger partial charge in [-0.25, -0.2) is 4.79 Å². The Balaban J connectivity index is 2.48.